The first-order chi connectivity index (χ1) is 15.6. The Balaban J connectivity index is 1.52. The molecule has 0 atom stereocenters. The van der Waals surface area contributed by atoms with Gasteiger partial charge in [-0.15, -0.1) is 0 Å². The van der Waals surface area contributed by atoms with E-state index in [1.54, 1.807) is 0 Å². The number of benzene rings is 2. The molecule has 5 nitrogen and oxygen atoms in total. The third kappa shape index (κ3) is 4.43. The Bertz CT molecular complexity index is 1100. The van der Waals surface area contributed by atoms with Gasteiger partial charge in [0.2, 0.25) is 11.8 Å². The van der Waals surface area contributed by atoms with Crippen molar-refractivity contribution in [2.45, 2.75) is 52.5 Å². The molecule has 3 aromatic rings. The minimum absolute atomic E-state index is 0.194. The van der Waals surface area contributed by atoms with Crippen LogP contribution < -0.4 is 4.74 Å². The lowest BCUT2D eigenvalue weighted by Crippen LogP contribution is -2.39. The summed E-state index contributed by atoms with van der Waals surface area (Å²) in [5.41, 5.74) is 3.98. The molecule has 2 aliphatic rings. The number of para-hydroxylation sites is 1. The number of aryl methyl sites for hydroxylation is 2. The molecule has 32 heavy (non-hydrogen) atoms. The quantitative estimate of drug-likeness (QED) is 0.453. The number of carbonyl (C=O) groups excluding carboxylic acids is 1. The molecule has 0 aliphatic heterocycles. The van der Waals surface area contributed by atoms with Gasteiger partial charge in [0, 0.05) is 12.5 Å². The van der Waals surface area contributed by atoms with E-state index in [0.29, 0.717) is 24.2 Å². The number of hydrogen-bond acceptors (Lipinski definition) is 3. The van der Waals surface area contributed by atoms with Gasteiger partial charge in [-0.3, -0.25) is 4.79 Å². The smallest absolute Gasteiger partial charge is 0.227 e. The third-order valence-corrected chi connectivity index (χ3v) is 6.63. The van der Waals surface area contributed by atoms with Crippen LogP contribution in [-0.4, -0.2) is 27.1 Å². The molecule has 1 heterocycles. The summed E-state index contributed by atoms with van der Waals surface area (Å²) < 4.78 is 8.33. The van der Waals surface area contributed by atoms with E-state index in [0.717, 1.165) is 47.6 Å². The summed E-state index contributed by atoms with van der Waals surface area (Å²) in [4.78, 5) is 15.3. The molecule has 0 spiro atoms. The number of amides is 1. The van der Waals surface area contributed by atoms with E-state index in [2.05, 4.69) is 17.9 Å². The highest BCUT2D eigenvalue weighted by atomic mass is 16.5. The second-order valence-corrected chi connectivity index (χ2v) is 9.33. The van der Waals surface area contributed by atoms with Crippen molar-refractivity contribution in [3.05, 3.63) is 71.4 Å². The van der Waals surface area contributed by atoms with Gasteiger partial charge in [0.25, 0.3) is 0 Å². The van der Waals surface area contributed by atoms with Gasteiger partial charge in [-0.05, 0) is 75.3 Å². The summed E-state index contributed by atoms with van der Waals surface area (Å²) in [6.45, 7) is 5.46. The fraction of sp³-hybridized carbons (Fsp3) is 0.407. The minimum atomic E-state index is 0.194. The maximum Gasteiger partial charge on any atom is 0.227 e. The third-order valence-electron chi connectivity index (χ3n) is 6.63. The number of carbonyl (C=O) groups is 1. The van der Waals surface area contributed by atoms with Gasteiger partial charge in [-0.25, -0.2) is 4.68 Å². The summed E-state index contributed by atoms with van der Waals surface area (Å²) >= 11 is 0. The fourth-order valence-electron chi connectivity index (χ4n) is 4.31. The van der Waals surface area contributed by atoms with E-state index in [1.807, 2.05) is 60.1 Å². The highest BCUT2D eigenvalue weighted by molar-refractivity contribution is 5.79. The summed E-state index contributed by atoms with van der Waals surface area (Å²) in [6.07, 6.45) is 5.66. The lowest BCUT2D eigenvalue weighted by molar-refractivity contribution is -0.139. The van der Waals surface area contributed by atoms with Crippen LogP contribution in [-0.2, 0) is 11.3 Å². The zero-order valence-electron chi connectivity index (χ0n) is 19.0. The molecule has 0 bridgehead atoms. The summed E-state index contributed by atoms with van der Waals surface area (Å²) in [5.74, 6) is 2.62. The van der Waals surface area contributed by atoms with E-state index in [4.69, 9.17) is 9.84 Å². The van der Waals surface area contributed by atoms with Crippen molar-refractivity contribution >= 4 is 5.91 Å². The topological polar surface area (TPSA) is 47.4 Å². The standard InChI is InChI=1S/C27H31N3O2/c1-19-8-6-13-24(16-19)32-27-25(20(2)28-30(27)23-11-4-3-5-12-23)18-29(17-21-14-15-21)26(31)22-9-7-10-22/h3-6,8,11-13,16,21-22H,7,9-10,14-15,17-18H2,1-2H3. The van der Waals surface area contributed by atoms with Crippen LogP contribution in [0.25, 0.3) is 5.69 Å². The Morgan fingerprint density at radius 2 is 1.84 bits per heavy atom. The van der Waals surface area contributed by atoms with Crippen LogP contribution in [0.1, 0.15) is 48.9 Å². The predicted molar refractivity (Wildman–Crippen MR) is 125 cm³/mol. The Kier molecular flexibility index (Phi) is 5.73. The number of hydrogen-bond donors (Lipinski definition) is 0. The second-order valence-electron chi connectivity index (χ2n) is 9.33. The number of ether oxygens (including phenoxy) is 1. The van der Waals surface area contributed by atoms with Crippen LogP contribution in [0.4, 0.5) is 0 Å². The van der Waals surface area contributed by atoms with Crippen molar-refractivity contribution in [1.29, 1.82) is 0 Å². The van der Waals surface area contributed by atoms with E-state index < -0.39 is 0 Å². The highest BCUT2D eigenvalue weighted by Gasteiger charge is 2.34. The van der Waals surface area contributed by atoms with E-state index >= 15 is 0 Å². The molecule has 0 saturated heterocycles. The fourth-order valence-corrected chi connectivity index (χ4v) is 4.31. The highest BCUT2D eigenvalue weighted by Crippen LogP contribution is 2.36. The molecule has 1 amide bonds. The van der Waals surface area contributed by atoms with Crippen LogP contribution in [0.5, 0.6) is 11.6 Å². The Labute approximate surface area is 190 Å². The van der Waals surface area contributed by atoms with Crippen LogP contribution in [0.3, 0.4) is 0 Å². The summed E-state index contributed by atoms with van der Waals surface area (Å²) in [6, 6.07) is 18.1. The van der Waals surface area contributed by atoms with Crippen LogP contribution >= 0.6 is 0 Å². The summed E-state index contributed by atoms with van der Waals surface area (Å²) in [7, 11) is 0. The first kappa shape index (κ1) is 20.8. The zero-order valence-corrected chi connectivity index (χ0v) is 19.0. The van der Waals surface area contributed by atoms with Gasteiger partial charge in [0.05, 0.1) is 23.5 Å². The largest absolute Gasteiger partial charge is 0.439 e. The van der Waals surface area contributed by atoms with Gasteiger partial charge < -0.3 is 9.64 Å². The van der Waals surface area contributed by atoms with Crippen LogP contribution in [0.2, 0.25) is 0 Å². The molecule has 2 aromatic carbocycles. The van der Waals surface area contributed by atoms with Gasteiger partial charge in [0.1, 0.15) is 5.75 Å². The molecule has 0 N–H and O–H groups in total. The van der Waals surface area contributed by atoms with Crippen molar-refractivity contribution in [3.8, 4) is 17.3 Å². The lowest BCUT2D eigenvalue weighted by atomic mass is 9.84. The molecular weight excluding hydrogens is 398 g/mol. The predicted octanol–water partition coefficient (Wildman–Crippen LogP) is 5.82. The minimum Gasteiger partial charge on any atom is -0.439 e. The van der Waals surface area contributed by atoms with E-state index in [-0.39, 0.29) is 5.92 Å². The number of nitrogens with zero attached hydrogens (tertiary/aromatic N) is 3. The molecule has 2 saturated carbocycles. The molecule has 1 aromatic heterocycles. The molecule has 5 heteroatoms. The first-order valence-corrected chi connectivity index (χ1v) is 11.8. The van der Waals surface area contributed by atoms with Crippen LogP contribution in [0, 0.1) is 25.7 Å². The molecule has 0 unspecified atom stereocenters. The van der Waals surface area contributed by atoms with Gasteiger partial charge in [-0.1, -0.05) is 36.8 Å². The maximum absolute atomic E-state index is 13.3. The molecule has 2 fully saturated rings. The molecular formula is C27H31N3O2. The Morgan fingerprint density at radius 3 is 2.50 bits per heavy atom. The second kappa shape index (κ2) is 8.81. The van der Waals surface area contributed by atoms with Crippen LogP contribution in [0.15, 0.2) is 54.6 Å². The molecule has 2 aliphatic carbocycles. The Morgan fingerprint density at radius 1 is 1.06 bits per heavy atom. The van der Waals surface area contributed by atoms with E-state index in [1.165, 1.54) is 19.3 Å². The molecule has 5 rings (SSSR count). The monoisotopic (exact) mass is 429 g/mol. The average Bonchev–Trinajstić information content (AvgIpc) is 3.52. The van der Waals surface area contributed by atoms with E-state index in [9.17, 15) is 4.79 Å². The summed E-state index contributed by atoms with van der Waals surface area (Å²) in [5, 5.41) is 4.84. The molecule has 0 radical (unpaired) electrons. The van der Waals surface area contributed by atoms with Gasteiger partial charge in [0.15, 0.2) is 0 Å². The normalized spacial score (nSPS) is 15.9. The van der Waals surface area contributed by atoms with Gasteiger partial charge >= 0.3 is 0 Å². The SMILES string of the molecule is Cc1cccc(Oc2c(CN(CC3CC3)C(=O)C3CCC3)c(C)nn2-c2ccccc2)c1. The first-order valence-electron chi connectivity index (χ1n) is 11.8. The van der Waals surface area contributed by atoms with Crippen molar-refractivity contribution in [2.75, 3.05) is 6.54 Å². The Hall–Kier alpha value is -3.08. The lowest BCUT2D eigenvalue weighted by Gasteiger charge is -2.32. The van der Waals surface area contributed by atoms with Crippen molar-refractivity contribution in [3.63, 3.8) is 0 Å². The number of aromatic nitrogens is 2. The van der Waals surface area contributed by atoms with Crippen molar-refractivity contribution in [1.82, 2.24) is 14.7 Å². The van der Waals surface area contributed by atoms with Crippen molar-refractivity contribution < 1.29 is 9.53 Å². The average molecular weight is 430 g/mol. The van der Waals surface area contributed by atoms with Crippen molar-refractivity contribution in [2.24, 2.45) is 11.8 Å². The number of rotatable bonds is 8. The molecule has 166 valence electrons. The van der Waals surface area contributed by atoms with Gasteiger partial charge in [-0.2, -0.15) is 5.10 Å². The zero-order chi connectivity index (χ0) is 22.1. The maximum atomic E-state index is 13.3.